The van der Waals surface area contributed by atoms with Gasteiger partial charge in [-0.05, 0) is 54.6 Å². The van der Waals surface area contributed by atoms with Crippen molar-refractivity contribution in [2.24, 2.45) is 9.88 Å². The Morgan fingerprint density at radius 3 is 2.09 bits per heavy atom. The van der Waals surface area contributed by atoms with Crippen molar-refractivity contribution in [3.8, 4) is 0 Å². The molecule has 3 N–H and O–H groups in total. The third kappa shape index (κ3) is 5.63. The molecule has 1 aromatic heterocycles. The molecule has 0 aliphatic heterocycles. The van der Waals surface area contributed by atoms with Crippen molar-refractivity contribution in [3.63, 3.8) is 0 Å². The quantitative estimate of drug-likeness (QED) is 0.441. The maximum Gasteiger partial charge on any atom is 0.416 e. The lowest BCUT2D eigenvalue weighted by Crippen LogP contribution is -2.28. The molecule has 0 amide bonds. The lowest BCUT2D eigenvalue weighted by molar-refractivity contribution is -0.137. The number of hydrogen-bond donors (Lipinski definition) is 2. The number of nitrogens with zero attached hydrogens (tertiary/aromatic N) is 2. The van der Waals surface area contributed by atoms with Crippen molar-refractivity contribution >= 4 is 33.9 Å². The minimum Gasteiger partial charge on any atom is -0.348 e. The maximum atomic E-state index is 13.3. The summed E-state index contributed by atoms with van der Waals surface area (Å²) in [7, 11) is -6.69. The summed E-state index contributed by atoms with van der Waals surface area (Å²) >= 11 is 0. The van der Waals surface area contributed by atoms with Crippen molar-refractivity contribution in [2.45, 2.75) is 37.0 Å². The van der Waals surface area contributed by atoms with Gasteiger partial charge in [0.15, 0.2) is 0 Å². The third-order valence-electron chi connectivity index (χ3n) is 4.92. The number of hydrogen-bond acceptors (Lipinski definition) is 4. The van der Waals surface area contributed by atoms with Gasteiger partial charge >= 0.3 is 6.18 Å². The van der Waals surface area contributed by atoms with Crippen LogP contribution < -0.4 is 15.5 Å². The van der Waals surface area contributed by atoms with E-state index < -0.39 is 34.1 Å². The summed E-state index contributed by atoms with van der Waals surface area (Å²) in [5, 5.41) is 8.75. The van der Waals surface area contributed by atoms with E-state index in [0.717, 1.165) is 17.4 Å². The molecule has 0 radical (unpaired) electrons. The number of aromatic nitrogens is 1. The summed E-state index contributed by atoms with van der Waals surface area (Å²) < 4.78 is 68.2. The van der Waals surface area contributed by atoms with E-state index in [4.69, 9.17) is 9.88 Å². The second kappa shape index (κ2) is 8.93. The summed E-state index contributed by atoms with van der Waals surface area (Å²) in [6.07, 6.45) is -1.29. The van der Waals surface area contributed by atoms with Gasteiger partial charge in [0.2, 0.25) is 10.0 Å². The number of nitrogens with two attached hydrogens (primary N) is 1. The third-order valence-corrected chi connectivity index (χ3v) is 9.95. The van der Waals surface area contributed by atoms with Gasteiger partial charge in [0.05, 0.1) is 23.4 Å². The van der Waals surface area contributed by atoms with E-state index in [2.05, 4.69) is 10.1 Å². The van der Waals surface area contributed by atoms with Crippen LogP contribution in [0.1, 0.15) is 26.3 Å². The highest BCUT2D eigenvalue weighted by molar-refractivity contribution is 7.89. The SMILES string of the molecule is CC(C)(C)P(=Nc1ccc(S(N)(=O)=O)cc1)(Nc1cccc(C(F)(F)F)c1)c1ccncc1. The fourth-order valence-electron chi connectivity index (χ4n) is 3.24. The summed E-state index contributed by atoms with van der Waals surface area (Å²) in [5.74, 6) is 0. The van der Waals surface area contributed by atoms with Crippen molar-refractivity contribution < 1.29 is 21.6 Å². The molecule has 3 aromatic rings. The zero-order chi connectivity index (χ0) is 24.5. The Balaban J connectivity index is 2.26. The van der Waals surface area contributed by atoms with Crippen LogP contribution in [0.4, 0.5) is 24.5 Å². The molecular weight excluding hydrogens is 472 g/mol. The van der Waals surface area contributed by atoms with Crippen LogP contribution in [0.2, 0.25) is 0 Å². The van der Waals surface area contributed by atoms with E-state index in [0.29, 0.717) is 5.69 Å². The lowest BCUT2D eigenvalue weighted by Gasteiger charge is -2.38. The molecule has 1 heterocycles. The number of benzene rings is 2. The Labute approximate surface area is 191 Å². The van der Waals surface area contributed by atoms with Crippen molar-refractivity contribution in [2.75, 3.05) is 5.09 Å². The van der Waals surface area contributed by atoms with Crippen molar-refractivity contribution in [3.05, 3.63) is 78.6 Å². The summed E-state index contributed by atoms with van der Waals surface area (Å²) in [5.41, 5.74) is -0.0384. The highest BCUT2D eigenvalue weighted by Crippen LogP contribution is 2.61. The zero-order valence-electron chi connectivity index (χ0n) is 18.2. The Morgan fingerprint density at radius 1 is 0.970 bits per heavy atom. The highest BCUT2D eigenvalue weighted by atomic mass is 32.2. The van der Waals surface area contributed by atoms with Gasteiger partial charge in [-0.1, -0.05) is 26.8 Å². The van der Waals surface area contributed by atoms with Gasteiger partial charge in [0.25, 0.3) is 0 Å². The van der Waals surface area contributed by atoms with Crippen molar-refractivity contribution in [1.29, 1.82) is 0 Å². The first-order valence-corrected chi connectivity index (χ1v) is 13.1. The van der Waals surface area contributed by atoms with Crippen LogP contribution in [0.5, 0.6) is 0 Å². The zero-order valence-corrected chi connectivity index (χ0v) is 19.9. The number of rotatable bonds is 5. The highest BCUT2D eigenvalue weighted by Gasteiger charge is 2.37. The van der Waals surface area contributed by atoms with E-state index in [9.17, 15) is 21.6 Å². The molecule has 1 atom stereocenters. The predicted octanol–water partition coefficient (Wildman–Crippen LogP) is 5.73. The molecule has 0 fully saturated rings. The maximum absolute atomic E-state index is 13.3. The fourth-order valence-corrected chi connectivity index (χ4v) is 7.02. The smallest absolute Gasteiger partial charge is 0.348 e. The summed E-state index contributed by atoms with van der Waals surface area (Å²) in [6.45, 7) is 5.85. The first kappa shape index (κ1) is 25.0. The van der Waals surface area contributed by atoms with Gasteiger partial charge in [-0.25, -0.2) is 18.3 Å². The molecule has 2 aromatic carbocycles. The minimum atomic E-state index is -4.49. The lowest BCUT2D eigenvalue weighted by atomic mass is 10.2. The number of pyridine rings is 1. The van der Waals surface area contributed by atoms with E-state index in [1.165, 1.54) is 30.3 Å². The molecule has 0 saturated carbocycles. The van der Waals surface area contributed by atoms with Crippen LogP contribution in [0, 0.1) is 0 Å². The number of primary sulfonamides is 1. The Hall–Kier alpha value is -2.68. The van der Waals surface area contributed by atoms with Gasteiger partial charge in [-0.2, -0.15) is 13.2 Å². The van der Waals surface area contributed by atoms with E-state index >= 15 is 0 Å². The Kier molecular flexibility index (Phi) is 6.75. The van der Waals surface area contributed by atoms with E-state index in [1.54, 1.807) is 30.6 Å². The molecule has 176 valence electrons. The number of halogens is 3. The van der Waals surface area contributed by atoms with Crippen LogP contribution in [0.25, 0.3) is 0 Å². The van der Waals surface area contributed by atoms with Crippen LogP contribution in [-0.2, 0) is 16.2 Å². The minimum absolute atomic E-state index is 0.0594. The van der Waals surface area contributed by atoms with Gasteiger partial charge in [0.1, 0.15) is 0 Å². The average molecular weight is 496 g/mol. The molecule has 6 nitrogen and oxygen atoms in total. The number of alkyl halides is 3. The molecule has 0 saturated heterocycles. The molecule has 0 aliphatic rings. The second-order valence-corrected chi connectivity index (χ2v) is 13.5. The normalized spacial score (nSPS) is 14.4. The predicted molar refractivity (Wildman–Crippen MR) is 126 cm³/mol. The van der Waals surface area contributed by atoms with Crippen molar-refractivity contribution in [1.82, 2.24) is 4.98 Å². The Morgan fingerprint density at radius 2 is 1.58 bits per heavy atom. The summed E-state index contributed by atoms with van der Waals surface area (Å²) in [4.78, 5) is 4.00. The largest absolute Gasteiger partial charge is 0.416 e. The van der Waals surface area contributed by atoms with E-state index in [-0.39, 0.29) is 10.6 Å². The van der Waals surface area contributed by atoms with Gasteiger partial charge in [-0.15, -0.1) is 0 Å². The number of sulfonamides is 1. The van der Waals surface area contributed by atoms with Crippen LogP contribution in [-0.4, -0.2) is 18.6 Å². The number of nitrogens with one attached hydrogen (secondary N) is 1. The molecule has 33 heavy (non-hydrogen) atoms. The Bertz CT molecular complexity index is 1290. The van der Waals surface area contributed by atoms with E-state index in [1.807, 2.05) is 20.8 Å². The van der Waals surface area contributed by atoms with Gasteiger partial charge in [-0.3, -0.25) is 4.98 Å². The standard InChI is InChI=1S/C22H24F3N4O2PS/c1-21(2,3)32(19-11-13-27-14-12-19,28-17-7-9-20(10-8-17)33(26,30)31)29-18-6-4-5-16(15-18)22(23,24)25/h4-15,29H,1-3H3,(H2,26,30,31). The first-order chi connectivity index (χ1) is 15.2. The molecule has 3 rings (SSSR count). The van der Waals surface area contributed by atoms with Gasteiger partial charge in [0, 0.05) is 28.5 Å². The van der Waals surface area contributed by atoms with Gasteiger partial charge < -0.3 is 5.09 Å². The molecule has 0 spiro atoms. The topological polar surface area (TPSA) is 97.4 Å². The first-order valence-electron chi connectivity index (χ1n) is 9.84. The van der Waals surface area contributed by atoms with Crippen LogP contribution in [0.15, 0.2) is 82.7 Å². The molecular formula is C22H24F3N4O2PS. The summed E-state index contributed by atoms with van der Waals surface area (Å²) in [6, 6.07) is 14.3. The molecule has 1 unspecified atom stereocenters. The van der Waals surface area contributed by atoms with Crippen LogP contribution in [0.3, 0.4) is 0 Å². The fraction of sp³-hybridized carbons (Fsp3) is 0.227. The molecule has 0 aliphatic carbocycles. The second-order valence-electron chi connectivity index (χ2n) is 8.34. The molecule has 0 bridgehead atoms. The average Bonchev–Trinajstić information content (AvgIpc) is 2.72. The number of anilines is 1. The van der Waals surface area contributed by atoms with Crippen LogP contribution >= 0.6 is 7.21 Å². The molecule has 11 heteroatoms. The monoisotopic (exact) mass is 496 g/mol.